The second-order valence-corrected chi connectivity index (χ2v) is 6.47. The Bertz CT molecular complexity index is 598. The number of methoxy groups -OCH3 is 1. The number of aliphatic hydroxyl groups is 1. The summed E-state index contributed by atoms with van der Waals surface area (Å²) in [4.78, 5) is 5.56. The van der Waals surface area contributed by atoms with Crippen molar-refractivity contribution in [3.05, 3.63) is 45.4 Å². The van der Waals surface area contributed by atoms with E-state index in [2.05, 4.69) is 17.2 Å². The van der Waals surface area contributed by atoms with E-state index >= 15 is 0 Å². The lowest BCUT2D eigenvalue weighted by Crippen LogP contribution is -2.24. The van der Waals surface area contributed by atoms with Crippen LogP contribution in [0.5, 0.6) is 5.75 Å². The molecule has 2 N–H and O–H groups in total. The van der Waals surface area contributed by atoms with Crippen molar-refractivity contribution in [1.29, 1.82) is 0 Å². The van der Waals surface area contributed by atoms with Crippen molar-refractivity contribution in [2.45, 2.75) is 32.9 Å². The zero-order chi connectivity index (χ0) is 15.4. The molecule has 2 atom stereocenters. The van der Waals surface area contributed by atoms with Gasteiger partial charge in [-0.05, 0) is 32.9 Å². The van der Waals surface area contributed by atoms with Crippen LogP contribution in [0.2, 0.25) is 0 Å². The fraction of sp³-hybridized carbons (Fsp3) is 0.438. The highest BCUT2D eigenvalue weighted by Crippen LogP contribution is 2.27. The predicted molar refractivity (Wildman–Crippen MR) is 86.0 cm³/mol. The van der Waals surface area contributed by atoms with Gasteiger partial charge in [0.05, 0.1) is 19.3 Å². The van der Waals surface area contributed by atoms with Crippen LogP contribution in [0.1, 0.15) is 40.1 Å². The van der Waals surface area contributed by atoms with Crippen molar-refractivity contribution >= 4 is 11.3 Å². The average molecular weight is 306 g/mol. The Balaban J connectivity index is 2.01. The minimum atomic E-state index is -0.608. The molecule has 4 nitrogen and oxygen atoms in total. The lowest BCUT2D eigenvalue weighted by molar-refractivity contribution is 0.166. The molecule has 0 amide bonds. The van der Waals surface area contributed by atoms with E-state index in [0.717, 1.165) is 16.1 Å². The third-order valence-electron chi connectivity index (χ3n) is 3.37. The number of benzene rings is 1. The number of aliphatic hydroxyl groups excluding tert-OH is 1. The number of ether oxygens (including phenoxy) is 1. The van der Waals surface area contributed by atoms with Gasteiger partial charge in [0.1, 0.15) is 10.8 Å². The van der Waals surface area contributed by atoms with Gasteiger partial charge in [0.2, 0.25) is 0 Å². The first-order valence-corrected chi connectivity index (χ1v) is 7.81. The van der Waals surface area contributed by atoms with Crippen molar-refractivity contribution in [2.24, 2.45) is 0 Å². The molecule has 0 bridgehead atoms. The Morgan fingerprint density at radius 1 is 1.38 bits per heavy atom. The van der Waals surface area contributed by atoms with E-state index in [0.29, 0.717) is 12.3 Å². The Labute approximate surface area is 129 Å². The maximum absolute atomic E-state index is 10.4. The van der Waals surface area contributed by atoms with E-state index in [1.807, 2.05) is 38.2 Å². The highest BCUT2D eigenvalue weighted by atomic mass is 32.1. The summed E-state index contributed by atoms with van der Waals surface area (Å²) in [6, 6.07) is 5.95. The van der Waals surface area contributed by atoms with Gasteiger partial charge in [0, 0.05) is 23.2 Å². The van der Waals surface area contributed by atoms with E-state index in [9.17, 15) is 5.11 Å². The van der Waals surface area contributed by atoms with Crippen molar-refractivity contribution in [3.8, 4) is 5.75 Å². The predicted octanol–water partition coefficient (Wildman–Crippen LogP) is 3.15. The highest BCUT2D eigenvalue weighted by molar-refractivity contribution is 7.11. The maximum Gasteiger partial charge on any atom is 0.124 e. The minimum absolute atomic E-state index is 0.120. The first-order valence-electron chi connectivity index (χ1n) is 6.99. The fourth-order valence-electron chi connectivity index (χ4n) is 2.17. The Morgan fingerprint density at radius 3 is 2.76 bits per heavy atom. The summed E-state index contributed by atoms with van der Waals surface area (Å²) >= 11 is 1.67. The maximum atomic E-state index is 10.4. The Kier molecular flexibility index (Phi) is 5.33. The topological polar surface area (TPSA) is 54.4 Å². The summed E-state index contributed by atoms with van der Waals surface area (Å²) in [6.45, 7) is 6.56. The molecule has 0 aliphatic rings. The molecule has 0 fully saturated rings. The molecule has 114 valence electrons. The number of nitrogens with one attached hydrogen (secondary N) is 1. The van der Waals surface area contributed by atoms with Gasteiger partial charge in [-0.1, -0.05) is 11.6 Å². The summed E-state index contributed by atoms with van der Waals surface area (Å²) in [7, 11) is 1.62. The largest absolute Gasteiger partial charge is 0.496 e. The molecule has 21 heavy (non-hydrogen) atoms. The summed E-state index contributed by atoms with van der Waals surface area (Å²) in [5, 5.41) is 14.8. The minimum Gasteiger partial charge on any atom is -0.496 e. The van der Waals surface area contributed by atoms with Crippen LogP contribution < -0.4 is 10.1 Å². The standard InChI is InChI=1S/C16H22N2O2S/c1-10-5-6-15(20-4)13(7-10)14(19)9-17-12(3)16-18-8-11(2)21-16/h5-8,12,14,17,19H,9H2,1-4H3. The number of nitrogens with zero attached hydrogens (tertiary/aromatic N) is 1. The number of hydrogen-bond donors (Lipinski definition) is 2. The third-order valence-corrected chi connectivity index (χ3v) is 4.47. The second kappa shape index (κ2) is 7.02. The van der Waals surface area contributed by atoms with E-state index in [4.69, 9.17) is 4.74 Å². The van der Waals surface area contributed by atoms with Crippen LogP contribution in [0.3, 0.4) is 0 Å². The van der Waals surface area contributed by atoms with E-state index < -0.39 is 6.10 Å². The zero-order valence-corrected chi connectivity index (χ0v) is 13.7. The van der Waals surface area contributed by atoms with E-state index in [1.54, 1.807) is 18.4 Å². The van der Waals surface area contributed by atoms with Gasteiger partial charge >= 0.3 is 0 Å². The number of hydrogen-bond acceptors (Lipinski definition) is 5. The molecule has 0 aliphatic carbocycles. The lowest BCUT2D eigenvalue weighted by Gasteiger charge is -2.18. The van der Waals surface area contributed by atoms with Gasteiger partial charge < -0.3 is 15.2 Å². The number of aromatic nitrogens is 1. The summed E-state index contributed by atoms with van der Waals surface area (Å²) in [5.74, 6) is 0.715. The first-order chi connectivity index (χ1) is 10.0. The molecule has 1 aromatic carbocycles. The van der Waals surface area contributed by atoms with E-state index in [1.165, 1.54) is 4.88 Å². The van der Waals surface area contributed by atoms with Gasteiger partial charge in [-0.25, -0.2) is 4.98 Å². The Hall–Kier alpha value is -1.43. The molecule has 0 radical (unpaired) electrons. The van der Waals surface area contributed by atoms with Crippen LogP contribution in [0.4, 0.5) is 0 Å². The second-order valence-electron chi connectivity index (χ2n) is 5.20. The quantitative estimate of drug-likeness (QED) is 0.861. The van der Waals surface area contributed by atoms with Crippen LogP contribution >= 0.6 is 11.3 Å². The Morgan fingerprint density at radius 2 is 2.14 bits per heavy atom. The normalized spacial score (nSPS) is 14.0. The third kappa shape index (κ3) is 4.03. The smallest absolute Gasteiger partial charge is 0.124 e. The van der Waals surface area contributed by atoms with Gasteiger partial charge in [0.15, 0.2) is 0 Å². The van der Waals surface area contributed by atoms with Crippen LogP contribution in [0, 0.1) is 13.8 Å². The number of aryl methyl sites for hydroxylation is 2. The number of thiazole rings is 1. The summed E-state index contributed by atoms with van der Waals surface area (Å²) in [6.07, 6.45) is 1.27. The van der Waals surface area contributed by atoms with E-state index in [-0.39, 0.29) is 6.04 Å². The van der Waals surface area contributed by atoms with Crippen molar-refractivity contribution in [2.75, 3.05) is 13.7 Å². The lowest BCUT2D eigenvalue weighted by atomic mass is 10.0. The van der Waals surface area contributed by atoms with Gasteiger partial charge in [-0.3, -0.25) is 0 Å². The molecule has 1 heterocycles. The fourth-order valence-corrected chi connectivity index (χ4v) is 2.97. The van der Waals surface area contributed by atoms with Gasteiger partial charge in [-0.15, -0.1) is 11.3 Å². The van der Waals surface area contributed by atoms with Crippen LogP contribution in [-0.2, 0) is 0 Å². The highest BCUT2D eigenvalue weighted by Gasteiger charge is 2.16. The zero-order valence-electron chi connectivity index (χ0n) is 12.9. The molecule has 5 heteroatoms. The van der Waals surface area contributed by atoms with Gasteiger partial charge in [0.25, 0.3) is 0 Å². The molecular formula is C16H22N2O2S. The molecule has 0 aliphatic heterocycles. The first kappa shape index (κ1) is 15.9. The number of rotatable bonds is 6. The molecule has 0 saturated heterocycles. The molecule has 2 rings (SSSR count). The van der Waals surface area contributed by atoms with Crippen LogP contribution in [-0.4, -0.2) is 23.7 Å². The average Bonchev–Trinajstić information content (AvgIpc) is 2.91. The molecule has 2 aromatic rings. The van der Waals surface area contributed by atoms with Crippen molar-refractivity contribution < 1.29 is 9.84 Å². The molecule has 2 unspecified atom stereocenters. The summed E-state index contributed by atoms with van der Waals surface area (Å²) < 4.78 is 5.32. The van der Waals surface area contributed by atoms with Crippen molar-refractivity contribution in [3.63, 3.8) is 0 Å². The van der Waals surface area contributed by atoms with Gasteiger partial charge in [-0.2, -0.15) is 0 Å². The van der Waals surface area contributed by atoms with Crippen LogP contribution in [0.15, 0.2) is 24.4 Å². The van der Waals surface area contributed by atoms with Crippen LogP contribution in [0.25, 0.3) is 0 Å². The molecule has 0 spiro atoms. The molecule has 1 aromatic heterocycles. The molecular weight excluding hydrogens is 284 g/mol. The molecule has 0 saturated carbocycles. The SMILES string of the molecule is COc1ccc(C)cc1C(O)CNC(C)c1ncc(C)s1. The monoisotopic (exact) mass is 306 g/mol. The summed E-state index contributed by atoms with van der Waals surface area (Å²) in [5.41, 5.74) is 1.92. The van der Waals surface area contributed by atoms with Crippen molar-refractivity contribution in [1.82, 2.24) is 10.3 Å².